The van der Waals surface area contributed by atoms with Crippen LogP contribution >= 0.6 is 0 Å². The molecule has 1 heterocycles. The maximum atomic E-state index is 12.2. The summed E-state index contributed by atoms with van der Waals surface area (Å²) < 4.78 is 5.65. The highest BCUT2D eigenvalue weighted by atomic mass is 16.5. The Morgan fingerprint density at radius 3 is 2.31 bits per heavy atom. The smallest absolute Gasteiger partial charge is 0.170 e. The van der Waals surface area contributed by atoms with Crippen molar-refractivity contribution in [1.82, 2.24) is 0 Å². The van der Waals surface area contributed by atoms with Crippen LogP contribution in [0.5, 0.6) is 5.75 Å². The fourth-order valence-corrected chi connectivity index (χ4v) is 4.66. The average molecular weight is 443 g/mol. The Labute approximate surface area is 191 Å². The number of carbonyl (C=O) groups excluding carboxylic acids is 2. The van der Waals surface area contributed by atoms with E-state index in [0.717, 1.165) is 44.5 Å². The first kappa shape index (κ1) is 24.5. The van der Waals surface area contributed by atoms with E-state index in [0.29, 0.717) is 0 Å². The van der Waals surface area contributed by atoms with Crippen LogP contribution in [0.4, 0.5) is 0 Å². The van der Waals surface area contributed by atoms with Gasteiger partial charge in [0.05, 0.1) is 6.61 Å². The van der Waals surface area contributed by atoms with Gasteiger partial charge in [-0.25, -0.2) is 0 Å². The van der Waals surface area contributed by atoms with Crippen LogP contribution in [-0.2, 0) is 22.4 Å². The number of Topliss-reactive ketones (excluding diaryl/α,β-unsaturated/α-hetero) is 2. The molecule has 1 atom stereocenters. The van der Waals surface area contributed by atoms with Gasteiger partial charge in [-0.2, -0.15) is 0 Å². The molecule has 5 heteroatoms. The minimum Gasteiger partial charge on any atom is -0.509 e. The molecule has 0 radical (unpaired) electrons. The lowest BCUT2D eigenvalue weighted by Crippen LogP contribution is -2.27. The van der Waals surface area contributed by atoms with Crippen molar-refractivity contribution in [3.63, 3.8) is 0 Å². The summed E-state index contributed by atoms with van der Waals surface area (Å²) in [7, 11) is 0. The number of unbranched alkanes of at least 4 members (excludes halogenated alkanes) is 9. The van der Waals surface area contributed by atoms with Gasteiger partial charge in [-0.3, -0.25) is 9.59 Å². The number of hydrogen-bond donors (Lipinski definition) is 2. The Kier molecular flexibility index (Phi) is 9.79. The summed E-state index contributed by atoms with van der Waals surface area (Å²) >= 11 is 0. The Bertz CT molecular complexity index is 810. The Hall–Kier alpha value is -2.14. The third kappa shape index (κ3) is 7.19. The van der Waals surface area contributed by atoms with Crippen molar-refractivity contribution in [3.8, 4) is 5.75 Å². The lowest BCUT2D eigenvalue weighted by Gasteiger charge is -2.18. The van der Waals surface area contributed by atoms with Crippen molar-refractivity contribution in [1.29, 1.82) is 0 Å². The SMILES string of the molecule is O=C(CCCCCCCCCCCCc1ccc2c(c1)OCC2)C1=C(O)C(O)CCC1=O. The molecule has 0 aromatic heterocycles. The molecule has 3 rings (SSSR count). The summed E-state index contributed by atoms with van der Waals surface area (Å²) in [5.74, 6) is 0.00803. The summed E-state index contributed by atoms with van der Waals surface area (Å²) in [6, 6.07) is 6.68. The second-order valence-electron chi connectivity index (χ2n) is 9.24. The number of aliphatic hydroxyl groups excluding tert-OH is 2. The number of aryl methyl sites for hydroxylation is 1. The molecule has 0 fully saturated rings. The van der Waals surface area contributed by atoms with Gasteiger partial charge in [0.1, 0.15) is 23.2 Å². The van der Waals surface area contributed by atoms with Gasteiger partial charge in [0.25, 0.3) is 0 Å². The van der Waals surface area contributed by atoms with Crippen LogP contribution in [0.25, 0.3) is 0 Å². The Balaban J connectivity index is 1.15. The number of benzene rings is 1. The van der Waals surface area contributed by atoms with E-state index in [1.54, 1.807) is 0 Å². The van der Waals surface area contributed by atoms with Crippen LogP contribution in [0.15, 0.2) is 29.5 Å². The molecule has 0 spiro atoms. The minimum absolute atomic E-state index is 0.134. The first-order valence-corrected chi connectivity index (χ1v) is 12.5. The van der Waals surface area contributed by atoms with E-state index in [4.69, 9.17) is 4.74 Å². The van der Waals surface area contributed by atoms with Gasteiger partial charge >= 0.3 is 0 Å². The van der Waals surface area contributed by atoms with E-state index >= 15 is 0 Å². The summed E-state index contributed by atoms with van der Waals surface area (Å²) in [4.78, 5) is 24.1. The highest BCUT2D eigenvalue weighted by Gasteiger charge is 2.30. The van der Waals surface area contributed by atoms with Gasteiger partial charge in [0, 0.05) is 19.3 Å². The third-order valence-corrected chi connectivity index (χ3v) is 6.65. The molecule has 1 aliphatic heterocycles. The molecule has 32 heavy (non-hydrogen) atoms. The van der Waals surface area contributed by atoms with Crippen LogP contribution in [-0.4, -0.2) is 34.5 Å². The van der Waals surface area contributed by atoms with Crippen molar-refractivity contribution >= 4 is 11.6 Å². The van der Waals surface area contributed by atoms with E-state index in [-0.39, 0.29) is 36.4 Å². The molecule has 5 nitrogen and oxygen atoms in total. The standard InChI is InChI=1S/C27H38O5/c28-22(26-23(29)15-16-24(30)27(26)31)12-10-8-6-4-2-1-3-5-7-9-11-20-13-14-21-17-18-32-25(21)19-20/h13-14,19,24,30-31H,1-12,15-18H2. The van der Waals surface area contributed by atoms with E-state index in [1.807, 2.05) is 0 Å². The number of allylic oxidation sites excluding steroid dienone is 1. The molecule has 2 N–H and O–H groups in total. The van der Waals surface area contributed by atoms with Gasteiger partial charge in [0.15, 0.2) is 11.6 Å². The van der Waals surface area contributed by atoms with Crippen molar-refractivity contribution in [2.45, 2.75) is 102 Å². The molecule has 176 valence electrons. The predicted molar refractivity (Wildman–Crippen MR) is 125 cm³/mol. The maximum Gasteiger partial charge on any atom is 0.170 e. The number of aliphatic hydroxyl groups is 2. The maximum absolute atomic E-state index is 12.2. The van der Waals surface area contributed by atoms with Crippen molar-refractivity contribution in [2.24, 2.45) is 0 Å². The molecule has 1 aromatic carbocycles. The van der Waals surface area contributed by atoms with Crippen LogP contribution in [0.3, 0.4) is 0 Å². The number of ketones is 2. The predicted octanol–water partition coefficient (Wildman–Crippen LogP) is 5.56. The number of ether oxygens (including phenoxy) is 1. The Morgan fingerprint density at radius 1 is 0.938 bits per heavy atom. The molecule has 0 saturated carbocycles. The largest absolute Gasteiger partial charge is 0.509 e. The fourth-order valence-electron chi connectivity index (χ4n) is 4.66. The van der Waals surface area contributed by atoms with Gasteiger partial charge in [-0.1, -0.05) is 63.5 Å². The van der Waals surface area contributed by atoms with Crippen LogP contribution in [0.2, 0.25) is 0 Å². The highest BCUT2D eigenvalue weighted by Crippen LogP contribution is 2.27. The molecule has 1 aliphatic carbocycles. The summed E-state index contributed by atoms with van der Waals surface area (Å²) in [6.07, 6.45) is 13.2. The summed E-state index contributed by atoms with van der Waals surface area (Å²) in [5.41, 5.74) is 2.57. The van der Waals surface area contributed by atoms with E-state index in [1.165, 1.54) is 56.1 Å². The van der Waals surface area contributed by atoms with Gasteiger partial charge in [-0.15, -0.1) is 0 Å². The lowest BCUT2D eigenvalue weighted by atomic mass is 9.89. The molecule has 0 saturated heterocycles. The third-order valence-electron chi connectivity index (χ3n) is 6.65. The average Bonchev–Trinajstić information content (AvgIpc) is 3.25. The van der Waals surface area contributed by atoms with E-state index in [2.05, 4.69) is 18.2 Å². The minimum atomic E-state index is -1.07. The number of hydrogen-bond acceptors (Lipinski definition) is 5. The van der Waals surface area contributed by atoms with E-state index < -0.39 is 11.9 Å². The molecule has 0 amide bonds. The quantitative estimate of drug-likeness (QED) is 0.291. The van der Waals surface area contributed by atoms with E-state index in [9.17, 15) is 19.8 Å². The molecule has 1 unspecified atom stereocenters. The second-order valence-corrected chi connectivity index (χ2v) is 9.24. The van der Waals surface area contributed by atoms with Gasteiger partial charge in [-0.05, 0) is 42.9 Å². The van der Waals surface area contributed by atoms with Crippen LogP contribution in [0.1, 0.15) is 94.6 Å². The molecule has 0 bridgehead atoms. The second kappa shape index (κ2) is 12.8. The van der Waals surface area contributed by atoms with Gasteiger partial charge in [0.2, 0.25) is 0 Å². The van der Waals surface area contributed by atoms with Crippen molar-refractivity contribution in [2.75, 3.05) is 6.61 Å². The Morgan fingerprint density at radius 2 is 1.59 bits per heavy atom. The highest BCUT2D eigenvalue weighted by molar-refractivity contribution is 6.21. The van der Waals surface area contributed by atoms with Crippen molar-refractivity contribution in [3.05, 3.63) is 40.7 Å². The molecule has 1 aromatic rings. The topological polar surface area (TPSA) is 83.8 Å². The first-order chi connectivity index (χ1) is 15.6. The monoisotopic (exact) mass is 442 g/mol. The fraction of sp³-hybridized carbons (Fsp3) is 0.630. The van der Waals surface area contributed by atoms with Crippen LogP contribution in [0, 0.1) is 0 Å². The zero-order valence-electron chi connectivity index (χ0n) is 19.2. The normalized spacial score (nSPS) is 18.0. The number of rotatable bonds is 14. The summed E-state index contributed by atoms with van der Waals surface area (Å²) in [6.45, 7) is 0.825. The lowest BCUT2D eigenvalue weighted by molar-refractivity contribution is -0.123. The summed E-state index contributed by atoms with van der Waals surface area (Å²) in [5, 5.41) is 19.5. The van der Waals surface area contributed by atoms with Crippen LogP contribution < -0.4 is 4.74 Å². The number of fused-ring (bicyclic) bond motifs is 1. The zero-order valence-corrected chi connectivity index (χ0v) is 19.2. The van der Waals surface area contributed by atoms with Crippen molar-refractivity contribution < 1.29 is 24.5 Å². The molecular weight excluding hydrogens is 404 g/mol. The number of carbonyl (C=O) groups is 2. The molecule has 2 aliphatic rings. The zero-order chi connectivity index (χ0) is 22.8. The first-order valence-electron chi connectivity index (χ1n) is 12.5. The van der Waals surface area contributed by atoms with Gasteiger partial charge < -0.3 is 14.9 Å². The molecular formula is C27H38O5.